The fourth-order valence-corrected chi connectivity index (χ4v) is 1.48. The number of rotatable bonds is 12. The summed E-state index contributed by atoms with van der Waals surface area (Å²) in [5.41, 5.74) is -1.02. The van der Waals surface area contributed by atoms with Gasteiger partial charge in [0.1, 0.15) is 12.8 Å². The Kier molecular flexibility index (Phi) is 22.8. The molecule has 0 aliphatic heterocycles. The third-order valence-corrected chi connectivity index (χ3v) is 2.83. The zero-order valence-corrected chi connectivity index (χ0v) is 17.7. The Morgan fingerprint density at radius 1 is 1.04 bits per heavy atom. The van der Waals surface area contributed by atoms with Gasteiger partial charge in [-0.15, -0.1) is 0 Å². The number of nitrogens with one attached hydrogen (secondary N) is 2. The molecule has 1 atom stereocenters. The number of hydrogen-bond donors (Lipinski definition) is 2. The Morgan fingerprint density at radius 3 is 2.12 bits per heavy atom. The van der Waals surface area contributed by atoms with Crippen LogP contribution in [0.3, 0.4) is 0 Å². The lowest BCUT2D eigenvalue weighted by Gasteiger charge is -2.29. The molecule has 0 aromatic heterocycles. The number of amides is 2. The van der Waals surface area contributed by atoms with E-state index < -0.39 is 11.8 Å². The average Bonchev–Trinajstić information content (AvgIpc) is 2.62. The van der Waals surface area contributed by atoms with Gasteiger partial charge < -0.3 is 24.8 Å². The van der Waals surface area contributed by atoms with Crippen LogP contribution in [0.2, 0.25) is 0 Å². The summed E-state index contributed by atoms with van der Waals surface area (Å²) >= 11 is 0. The molecule has 0 aromatic rings. The van der Waals surface area contributed by atoms with Crippen LogP contribution in [0.4, 0.5) is 4.39 Å². The van der Waals surface area contributed by atoms with E-state index in [1.807, 2.05) is 27.7 Å². The molecule has 0 radical (unpaired) electrons. The van der Waals surface area contributed by atoms with Gasteiger partial charge in [0.25, 0.3) is 0 Å². The first-order valence-electron chi connectivity index (χ1n) is 9.15. The summed E-state index contributed by atoms with van der Waals surface area (Å²) in [6, 6.07) is 0. The summed E-state index contributed by atoms with van der Waals surface area (Å²) in [5.74, 6) is -0.487. The second-order valence-corrected chi connectivity index (χ2v) is 5.25. The molecule has 0 bridgehead atoms. The van der Waals surface area contributed by atoms with Gasteiger partial charge in [0.2, 0.25) is 11.8 Å². The van der Waals surface area contributed by atoms with Crippen LogP contribution in [-0.4, -0.2) is 70.2 Å². The van der Waals surface area contributed by atoms with Gasteiger partial charge in [0, 0.05) is 20.6 Å². The van der Waals surface area contributed by atoms with Crippen LogP contribution in [0, 0.1) is 0 Å². The molecule has 0 saturated carbocycles. The van der Waals surface area contributed by atoms with E-state index in [9.17, 15) is 14.0 Å². The molecule has 158 valence electrons. The highest BCUT2D eigenvalue weighted by Crippen LogP contribution is 2.17. The van der Waals surface area contributed by atoms with E-state index >= 15 is 0 Å². The number of halogens is 1. The lowest BCUT2D eigenvalue weighted by molar-refractivity contribution is -0.125. The van der Waals surface area contributed by atoms with Crippen LogP contribution >= 0.6 is 0 Å². The molecule has 1 unspecified atom stereocenters. The van der Waals surface area contributed by atoms with Crippen LogP contribution in [-0.2, 0) is 23.8 Å². The normalized spacial score (nSPS) is 11.3. The summed E-state index contributed by atoms with van der Waals surface area (Å²) in [4.78, 5) is 21.8. The van der Waals surface area contributed by atoms with Crippen LogP contribution in [0.1, 0.15) is 48.5 Å². The van der Waals surface area contributed by atoms with E-state index in [1.165, 1.54) is 14.0 Å². The quantitative estimate of drug-likeness (QED) is 0.505. The summed E-state index contributed by atoms with van der Waals surface area (Å²) in [5, 5.41) is 5.02. The SMILES string of the molecule is CC.CC.COCC(=O)NCCOCCOC(C)(C)C(F)CNC(C)=O. The Balaban J connectivity index is -0.00000123. The Hall–Kier alpha value is -1.25. The van der Waals surface area contributed by atoms with Gasteiger partial charge in [0.05, 0.1) is 32.0 Å². The first-order chi connectivity index (χ1) is 12.3. The number of ether oxygens (including phenoxy) is 3. The van der Waals surface area contributed by atoms with Gasteiger partial charge in [-0.25, -0.2) is 4.39 Å². The van der Waals surface area contributed by atoms with Crippen molar-refractivity contribution < 1.29 is 28.2 Å². The molecule has 8 heteroatoms. The van der Waals surface area contributed by atoms with Crippen molar-refractivity contribution in [2.24, 2.45) is 0 Å². The van der Waals surface area contributed by atoms with Gasteiger partial charge in [-0.1, -0.05) is 27.7 Å². The minimum Gasteiger partial charge on any atom is -0.377 e. The molecule has 0 saturated heterocycles. The minimum absolute atomic E-state index is 0.0173. The minimum atomic E-state index is -1.32. The summed E-state index contributed by atoms with van der Waals surface area (Å²) < 4.78 is 29.2. The van der Waals surface area contributed by atoms with Gasteiger partial charge in [0.15, 0.2) is 0 Å². The lowest BCUT2D eigenvalue weighted by atomic mass is 10.0. The molecule has 0 aliphatic rings. The standard InChI is InChI=1S/C14H27FN2O5.2C2H6/c1-11(18)17-9-12(15)14(2,3)22-8-7-21-6-5-16-13(19)10-20-4;2*1-2/h12H,5-10H2,1-4H3,(H,16,19)(H,17,18);2*1-2H3. The maximum Gasteiger partial charge on any atom is 0.246 e. The van der Waals surface area contributed by atoms with Crippen molar-refractivity contribution in [1.82, 2.24) is 10.6 Å². The number of methoxy groups -OCH3 is 1. The van der Waals surface area contributed by atoms with E-state index in [4.69, 9.17) is 9.47 Å². The van der Waals surface area contributed by atoms with Gasteiger partial charge >= 0.3 is 0 Å². The van der Waals surface area contributed by atoms with Crippen molar-refractivity contribution in [3.05, 3.63) is 0 Å². The maximum atomic E-state index is 13.9. The average molecular weight is 383 g/mol. The summed E-state index contributed by atoms with van der Waals surface area (Å²) in [7, 11) is 1.44. The molecule has 0 aromatic carbocycles. The van der Waals surface area contributed by atoms with E-state index in [2.05, 4.69) is 15.4 Å². The summed E-state index contributed by atoms with van der Waals surface area (Å²) in [6.45, 7) is 13.7. The predicted molar refractivity (Wildman–Crippen MR) is 102 cm³/mol. The highest BCUT2D eigenvalue weighted by Gasteiger charge is 2.30. The smallest absolute Gasteiger partial charge is 0.246 e. The summed E-state index contributed by atoms with van der Waals surface area (Å²) in [6.07, 6.45) is -1.32. The Labute approximate surface area is 158 Å². The number of alkyl halides is 1. The first-order valence-corrected chi connectivity index (χ1v) is 9.15. The molecular formula is C18H39FN2O5. The molecule has 0 aliphatic carbocycles. The van der Waals surface area contributed by atoms with Crippen molar-refractivity contribution in [2.45, 2.75) is 60.2 Å². The first kappa shape index (κ1) is 29.5. The molecular weight excluding hydrogens is 343 g/mol. The maximum absolute atomic E-state index is 13.9. The molecule has 2 amide bonds. The van der Waals surface area contributed by atoms with Crippen molar-refractivity contribution in [2.75, 3.05) is 46.6 Å². The predicted octanol–water partition coefficient (Wildman–Crippen LogP) is 2.09. The zero-order chi connectivity index (χ0) is 21.0. The molecule has 0 fully saturated rings. The van der Waals surface area contributed by atoms with Crippen LogP contribution in [0.15, 0.2) is 0 Å². The third kappa shape index (κ3) is 19.1. The molecule has 0 rings (SSSR count). The molecule has 0 heterocycles. The molecule has 0 spiro atoms. The number of carbonyl (C=O) groups is 2. The van der Waals surface area contributed by atoms with Crippen LogP contribution < -0.4 is 10.6 Å². The van der Waals surface area contributed by atoms with Crippen molar-refractivity contribution >= 4 is 11.8 Å². The highest BCUT2D eigenvalue weighted by molar-refractivity contribution is 5.77. The molecule has 2 N–H and O–H groups in total. The Bertz CT molecular complexity index is 342. The van der Waals surface area contributed by atoms with Crippen LogP contribution in [0.5, 0.6) is 0 Å². The zero-order valence-electron chi connectivity index (χ0n) is 17.7. The third-order valence-electron chi connectivity index (χ3n) is 2.83. The van der Waals surface area contributed by atoms with Gasteiger partial charge in [-0.2, -0.15) is 0 Å². The molecule has 7 nitrogen and oxygen atoms in total. The van der Waals surface area contributed by atoms with E-state index in [0.717, 1.165) is 0 Å². The van der Waals surface area contributed by atoms with E-state index in [-0.39, 0.29) is 38.2 Å². The topological polar surface area (TPSA) is 85.9 Å². The van der Waals surface area contributed by atoms with Crippen molar-refractivity contribution in [3.63, 3.8) is 0 Å². The Morgan fingerprint density at radius 2 is 1.62 bits per heavy atom. The second kappa shape index (κ2) is 20.1. The number of hydrogen-bond acceptors (Lipinski definition) is 5. The monoisotopic (exact) mass is 382 g/mol. The van der Waals surface area contributed by atoms with Crippen LogP contribution in [0.25, 0.3) is 0 Å². The second-order valence-electron chi connectivity index (χ2n) is 5.25. The lowest BCUT2D eigenvalue weighted by Crippen LogP contribution is -2.44. The van der Waals surface area contributed by atoms with Crippen molar-refractivity contribution in [3.8, 4) is 0 Å². The fourth-order valence-electron chi connectivity index (χ4n) is 1.48. The largest absolute Gasteiger partial charge is 0.377 e. The number of carbonyl (C=O) groups excluding carboxylic acids is 2. The van der Waals surface area contributed by atoms with E-state index in [1.54, 1.807) is 13.8 Å². The van der Waals surface area contributed by atoms with Gasteiger partial charge in [-0.05, 0) is 13.8 Å². The van der Waals surface area contributed by atoms with E-state index in [0.29, 0.717) is 13.2 Å². The molecule has 26 heavy (non-hydrogen) atoms. The van der Waals surface area contributed by atoms with Gasteiger partial charge in [-0.3, -0.25) is 9.59 Å². The fraction of sp³-hybridized carbons (Fsp3) is 0.889. The highest BCUT2D eigenvalue weighted by atomic mass is 19.1. The van der Waals surface area contributed by atoms with Crippen molar-refractivity contribution in [1.29, 1.82) is 0 Å².